The molecule has 0 radical (unpaired) electrons. The lowest BCUT2D eigenvalue weighted by Crippen LogP contribution is -2.07. The maximum absolute atomic E-state index is 11.5. The second-order valence-corrected chi connectivity index (χ2v) is 4.02. The second-order valence-electron chi connectivity index (χ2n) is 4.02. The van der Waals surface area contributed by atoms with E-state index in [1.807, 2.05) is 18.2 Å². The van der Waals surface area contributed by atoms with E-state index in [0.29, 0.717) is 12.0 Å². The molecule has 1 aromatic heterocycles. The summed E-state index contributed by atoms with van der Waals surface area (Å²) in [5, 5.41) is 0.629. The lowest BCUT2D eigenvalue weighted by Gasteiger charge is -2.13. The molecular weight excluding hydrogens is 216 g/mol. The number of hydrogen-bond acceptors (Lipinski definition) is 3. The predicted octanol–water partition coefficient (Wildman–Crippen LogP) is 1.73. The van der Waals surface area contributed by atoms with Gasteiger partial charge < -0.3 is 9.72 Å². The number of H-pyrrole nitrogens is 1. The fourth-order valence-electron chi connectivity index (χ4n) is 2.06. The first-order valence-electron chi connectivity index (χ1n) is 5.59. The first kappa shape index (κ1) is 10.2. The first-order valence-corrected chi connectivity index (χ1v) is 5.59. The van der Waals surface area contributed by atoms with E-state index < -0.39 is 0 Å². The van der Waals surface area contributed by atoms with Crippen LogP contribution in [-0.2, 0) is 4.74 Å². The highest BCUT2D eigenvalue weighted by Gasteiger charge is 2.08. The summed E-state index contributed by atoms with van der Waals surface area (Å²) >= 11 is 0. The van der Waals surface area contributed by atoms with Gasteiger partial charge in [0.25, 0.3) is 5.56 Å². The zero-order chi connectivity index (χ0) is 11.7. The van der Waals surface area contributed by atoms with Crippen molar-refractivity contribution in [2.75, 3.05) is 13.2 Å². The molecule has 0 amide bonds. The number of fused-ring (bicyclic) bond motifs is 1. The smallest absolute Gasteiger partial charge is 0.258 e. The molecule has 0 aliphatic carbocycles. The van der Waals surface area contributed by atoms with Crippen LogP contribution in [0.2, 0.25) is 0 Å². The van der Waals surface area contributed by atoms with Gasteiger partial charge in [0, 0.05) is 0 Å². The summed E-state index contributed by atoms with van der Waals surface area (Å²) < 4.78 is 5.28. The van der Waals surface area contributed by atoms with Crippen LogP contribution in [-0.4, -0.2) is 23.2 Å². The minimum atomic E-state index is -0.0949. The SMILES string of the molecule is O=c1[nH]cnc2cc(C3=CCOCC3)ccc12. The number of ether oxygens (including phenoxy) is 1. The van der Waals surface area contributed by atoms with Crippen LogP contribution in [0.5, 0.6) is 0 Å². The minimum Gasteiger partial charge on any atom is -0.377 e. The van der Waals surface area contributed by atoms with Crippen LogP contribution in [0.1, 0.15) is 12.0 Å². The molecule has 0 spiro atoms. The van der Waals surface area contributed by atoms with Gasteiger partial charge in [0.2, 0.25) is 0 Å². The van der Waals surface area contributed by atoms with Crippen molar-refractivity contribution in [2.24, 2.45) is 0 Å². The van der Waals surface area contributed by atoms with Gasteiger partial charge in [-0.15, -0.1) is 0 Å². The van der Waals surface area contributed by atoms with Crippen LogP contribution >= 0.6 is 0 Å². The average molecular weight is 228 g/mol. The third-order valence-electron chi connectivity index (χ3n) is 2.98. The Hall–Kier alpha value is -1.94. The molecular formula is C13H12N2O2. The summed E-state index contributed by atoms with van der Waals surface area (Å²) in [6.07, 6.45) is 4.43. The molecule has 1 aliphatic heterocycles. The number of aromatic nitrogens is 2. The quantitative estimate of drug-likeness (QED) is 0.808. The molecule has 1 N–H and O–H groups in total. The average Bonchev–Trinajstić information content (AvgIpc) is 2.40. The van der Waals surface area contributed by atoms with Gasteiger partial charge in [-0.1, -0.05) is 12.1 Å². The Bertz CT molecular complexity index is 643. The number of hydrogen-bond donors (Lipinski definition) is 1. The Labute approximate surface area is 98.0 Å². The second kappa shape index (κ2) is 4.14. The van der Waals surface area contributed by atoms with E-state index in [9.17, 15) is 4.79 Å². The van der Waals surface area contributed by atoms with Crippen molar-refractivity contribution in [2.45, 2.75) is 6.42 Å². The molecule has 2 aromatic rings. The standard InChI is InChI=1S/C13H12N2O2/c16-13-11-2-1-10(7-12(11)14-8-15-13)9-3-5-17-6-4-9/h1-3,7-8H,4-6H2,(H,14,15,16). The molecule has 0 saturated heterocycles. The van der Waals surface area contributed by atoms with E-state index in [-0.39, 0.29) is 5.56 Å². The van der Waals surface area contributed by atoms with E-state index in [4.69, 9.17) is 4.74 Å². The lowest BCUT2D eigenvalue weighted by atomic mass is 10.0. The molecule has 4 nitrogen and oxygen atoms in total. The van der Waals surface area contributed by atoms with Crippen LogP contribution in [0.3, 0.4) is 0 Å². The van der Waals surface area contributed by atoms with Crippen molar-refractivity contribution in [3.8, 4) is 0 Å². The van der Waals surface area contributed by atoms with Crippen LogP contribution < -0.4 is 5.56 Å². The van der Waals surface area contributed by atoms with Gasteiger partial charge in [0.15, 0.2) is 0 Å². The molecule has 0 bridgehead atoms. The number of benzene rings is 1. The van der Waals surface area contributed by atoms with Gasteiger partial charge in [-0.25, -0.2) is 4.98 Å². The fraction of sp³-hybridized carbons (Fsp3) is 0.231. The van der Waals surface area contributed by atoms with Crippen molar-refractivity contribution in [3.05, 3.63) is 46.5 Å². The third-order valence-corrected chi connectivity index (χ3v) is 2.98. The summed E-state index contributed by atoms with van der Waals surface area (Å²) in [7, 11) is 0. The molecule has 3 rings (SSSR count). The van der Waals surface area contributed by atoms with E-state index in [1.54, 1.807) is 0 Å². The van der Waals surface area contributed by atoms with Crippen LogP contribution in [0, 0.1) is 0 Å². The van der Waals surface area contributed by atoms with Gasteiger partial charge in [0.1, 0.15) is 0 Å². The Balaban J connectivity index is 2.13. The molecule has 1 aromatic carbocycles. The fourth-order valence-corrected chi connectivity index (χ4v) is 2.06. The highest BCUT2D eigenvalue weighted by Crippen LogP contribution is 2.23. The van der Waals surface area contributed by atoms with E-state index >= 15 is 0 Å². The monoisotopic (exact) mass is 228 g/mol. The predicted molar refractivity (Wildman–Crippen MR) is 65.8 cm³/mol. The summed E-state index contributed by atoms with van der Waals surface area (Å²) in [6, 6.07) is 5.75. The van der Waals surface area contributed by atoms with Gasteiger partial charge >= 0.3 is 0 Å². The molecule has 0 fully saturated rings. The summed E-state index contributed by atoms with van der Waals surface area (Å²) in [6.45, 7) is 1.42. The van der Waals surface area contributed by atoms with Crippen molar-refractivity contribution < 1.29 is 4.74 Å². The number of nitrogens with zero attached hydrogens (tertiary/aromatic N) is 1. The third kappa shape index (κ3) is 1.87. The Morgan fingerprint density at radius 3 is 3.12 bits per heavy atom. The van der Waals surface area contributed by atoms with Crippen LogP contribution in [0.15, 0.2) is 35.4 Å². The number of rotatable bonds is 1. The van der Waals surface area contributed by atoms with Crippen molar-refractivity contribution in [1.29, 1.82) is 0 Å². The number of aromatic amines is 1. The van der Waals surface area contributed by atoms with Gasteiger partial charge in [0.05, 0.1) is 30.4 Å². The molecule has 4 heteroatoms. The van der Waals surface area contributed by atoms with E-state index in [2.05, 4.69) is 16.0 Å². The maximum Gasteiger partial charge on any atom is 0.258 e. The highest BCUT2D eigenvalue weighted by atomic mass is 16.5. The highest BCUT2D eigenvalue weighted by molar-refractivity contribution is 5.82. The number of nitrogens with one attached hydrogen (secondary N) is 1. The summed E-state index contributed by atoms with van der Waals surface area (Å²) in [5.74, 6) is 0. The van der Waals surface area contributed by atoms with Crippen molar-refractivity contribution >= 4 is 16.5 Å². The van der Waals surface area contributed by atoms with Crippen LogP contribution in [0.25, 0.3) is 16.5 Å². The van der Waals surface area contributed by atoms with Crippen LogP contribution in [0.4, 0.5) is 0 Å². The molecule has 2 heterocycles. The molecule has 86 valence electrons. The molecule has 1 aliphatic rings. The Morgan fingerprint density at radius 1 is 1.35 bits per heavy atom. The molecule has 0 atom stereocenters. The Morgan fingerprint density at radius 2 is 2.29 bits per heavy atom. The maximum atomic E-state index is 11.5. The molecule has 0 saturated carbocycles. The normalized spacial score (nSPS) is 15.9. The van der Waals surface area contributed by atoms with Crippen molar-refractivity contribution in [1.82, 2.24) is 9.97 Å². The van der Waals surface area contributed by atoms with Gasteiger partial charge in [-0.2, -0.15) is 0 Å². The van der Waals surface area contributed by atoms with E-state index in [1.165, 1.54) is 11.9 Å². The lowest BCUT2D eigenvalue weighted by molar-refractivity contribution is 0.161. The molecule has 0 unspecified atom stereocenters. The minimum absolute atomic E-state index is 0.0949. The van der Waals surface area contributed by atoms with E-state index in [0.717, 1.165) is 24.1 Å². The molecule has 17 heavy (non-hydrogen) atoms. The van der Waals surface area contributed by atoms with Gasteiger partial charge in [-0.3, -0.25) is 4.79 Å². The zero-order valence-corrected chi connectivity index (χ0v) is 9.27. The largest absolute Gasteiger partial charge is 0.377 e. The zero-order valence-electron chi connectivity index (χ0n) is 9.27. The van der Waals surface area contributed by atoms with Gasteiger partial charge in [-0.05, 0) is 29.7 Å². The summed E-state index contributed by atoms with van der Waals surface area (Å²) in [5.41, 5.74) is 3.03. The Kier molecular flexibility index (Phi) is 2.49. The summed E-state index contributed by atoms with van der Waals surface area (Å²) in [4.78, 5) is 18.3. The topological polar surface area (TPSA) is 55.0 Å². The van der Waals surface area contributed by atoms with Crippen molar-refractivity contribution in [3.63, 3.8) is 0 Å². The first-order chi connectivity index (χ1) is 8.34.